The van der Waals surface area contributed by atoms with Gasteiger partial charge in [0.05, 0.1) is 11.1 Å². The van der Waals surface area contributed by atoms with Crippen LogP contribution in [-0.4, -0.2) is 10.9 Å². The molecule has 0 saturated carbocycles. The summed E-state index contributed by atoms with van der Waals surface area (Å²) in [7, 11) is 0. The lowest BCUT2D eigenvalue weighted by molar-refractivity contribution is 0.102. The Morgan fingerprint density at radius 1 is 1.20 bits per heavy atom. The minimum Gasteiger partial charge on any atom is -0.361 e. The fourth-order valence-corrected chi connectivity index (χ4v) is 2.66. The molecule has 0 aliphatic rings. The topological polar surface area (TPSA) is 44.9 Å². The number of carbonyl (C=O) groups is 1. The van der Waals surface area contributed by atoms with Gasteiger partial charge in [0.15, 0.2) is 0 Å². The van der Waals surface area contributed by atoms with Crippen molar-refractivity contribution in [1.82, 2.24) is 4.98 Å². The molecule has 2 N–H and O–H groups in total. The summed E-state index contributed by atoms with van der Waals surface area (Å²) in [4.78, 5) is 15.5. The zero-order valence-electron chi connectivity index (χ0n) is 10.9. The molecule has 0 unspecified atom stereocenters. The van der Waals surface area contributed by atoms with Crippen LogP contribution in [0.4, 0.5) is 5.69 Å². The van der Waals surface area contributed by atoms with Crippen LogP contribution in [0.1, 0.15) is 15.9 Å². The first-order valence-corrected chi connectivity index (χ1v) is 7.36. The van der Waals surface area contributed by atoms with Crippen molar-refractivity contribution in [2.24, 2.45) is 0 Å². The van der Waals surface area contributed by atoms with E-state index in [1.807, 2.05) is 55.6 Å². The molecule has 3 aromatic rings. The number of halogens is 1. The molecular formula is C16H13IN2O. The zero-order valence-corrected chi connectivity index (χ0v) is 13.1. The number of fused-ring (bicyclic) bond motifs is 1. The molecule has 0 spiro atoms. The van der Waals surface area contributed by atoms with Crippen molar-refractivity contribution in [3.8, 4) is 0 Å². The van der Waals surface area contributed by atoms with E-state index in [1.165, 1.54) is 5.56 Å². The van der Waals surface area contributed by atoms with E-state index in [-0.39, 0.29) is 5.91 Å². The second-order valence-electron chi connectivity index (χ2n) is 4.67. The lowest BCUT2D eigenvalue weighted by Gasteiger charge is -2.08. The van der Waals surface area contributed by atoms with Crippen LogP contribution in [0.3, 0.4) is 0 Å². The van der Waals surface area contributed by atoms with Gasteiger partial charge in [-0.05, 0) is 59.3 Å². The van der Waals surface area contributed by atoms with Crippen molar-refractivity contribution < 1.29 is 4.79 Å². The average molecular weight is 376 g/mol. The van der Waals surface area contributed by atoms with E-state index in [1.54, 1.807) is 0 Å². The number of H-pyrrole nitrogens is 1. The smallest absolute Gasteiger partial charge is 0.257 e. The number of rotatable bonds is 2. The van der Waals surface area contributed by atoms with E-state index < -0.39 is 0 Å². The summed E-state index contributed by atoms with van der Waals surface area (Å²) in [5, 5.41) is 3.98. The first-order valence-electron chi connectivity index (χ1n) is 6.29. The number of aromatic nitrogens is 1. The number of anilines is 1. The van der Waals surface area contributed by atoms with Crippen molar-refractivity contribution in [1.29, 1.82) is 0 Å². The number of para-hydroxylation sites is 1. The number of nitrogens with one attached hydrogen (secondary N) is 2. The van der Waals surface area contributed by atoms with Crippen molar-refractivity contribution in [3.05, 3.63) is 63.4 Å². The molecule has 0 saturated heterocycles. The van der Waals surface area contributed by atoms with Gasteiger partial charge in [0.2, 0.25) is 0 Å². The van der Waals surface area contributed by atoms with Crippen LogP contribution in [-0.2, 0) is 0 Å². The third-order valence-corrected chi connectivity index (χ3v) is 4.42. The molecule has 2 aromatic carbocycles. The van der Waals surface area contributed by atoms with Crippen LogP contribution < -0.4 is 5.32 Å². The number of amides is 1. The summed E-state index contributed by atoms with van der Waals surface area (Å²) in [6.45, 7) is 2.05. The normalized spacial score (nSPS) is 10.7. The fraction of sp³-hybridized carbons (Fsp3) is 0.0625. The van der Waals surface area contributed by atoms with Crippen LogP contribution in [0.15, 0.2) is 48.7 Å². The molecule has 0 bridgehead atoms. The van der Waals surface area contributed by atoms with Gasteiger partial charge in [0.25, 0.3) is 5.91 Å². The van der Waals surface area contributed by atoms with E-state index in [4.69, 9.17) is 0 Å². The molecule has 1 heterocycles. The Hall–Kier alpha value is -1.82. The van der Waals surface area contributed by atoms with Gasteiger partial charge in [-0.15, -0.1) is 0 Å². The quantitative estimate of drug-likeness (QED) is 0.643. The van der Waals surface area contributed by atoms with Gasteiger partial charge in [-0.2, -0.15) is 0 Å². The van der Waals surface area contributed by atoms with Gasteiger partial charge in [-0.3, -0.25) is 4.79 Å². The molecule has 0 aliphatic carbocycles. The molecule has 1 aromatic heterocycles. The van der Waals surface area contributed by atoms with Crippen LogP contribution in [0.2, 0.25) is 0 Å². The third kappa shape index (κ3) is 2.43. The van der Waals surface area contributed by atoms with Gasteiger partial charge >= 0.3 is 0 Å². The monoisotopic (exact) mass is 376 g/mol. The van der Waals surface area contributed by atoms with E-state index in [0.29, 0.717) is 5.56 Å². The minimum absolute atomic E-state index is 0.0993. The minimum atomic E-state index is -0.0993. The molecule has 4 heteroatoms. The molecule has 0 radical (unpaired) electrons. The maximum atomic E-state index is 12.4. The van der Waals surface area contributed by atoms with Gasteiger partial charge in [0, 0.05) is 20.8 Å². The second-order valence-corrected chi connectivity index (χ2v) is 5.83. The molecule has 0 atom stereocenters. The average Bonchev–Trinajstić information content (AvgIpc) is 2.91. The molecule has 100 valence electrons. The first-order chi connectivity index (χ1) is 9.65. The Balaban J connectivity index is 1.93. The maximum absolute atomic E-state index is 12.4. The Kier molecular flexibility index (Phi) is 3.48. The van der Waals surface area contributed by atoms with Crippen molar-refractivity contribution in [2.45, 2.75) is 6.92 Å². The summed E-state index contributed by atoms with van der Waals surface area (Å²) in [5.41, 5.74) is 3.54. The van der Waals surface area contributed by atoms with E-state index in [9.17, 15) is 4.79 Å². The summed E-state index contributed by atoms with van der Waals surface area (Å²) in [6.07, 6.45) is 1.84. The Morgan fingerprint density at radius 2 is 2.05 bits per heavy atom. The highest BCUT2D eigenvalue weighted by Crippen LogP contribution is 2.20. The number of aromatic amines is 1. The third-order valence-electron chi connectivity index (χ3n) is 3.26. The van der Waals surface area contributed by atoms with Crippen molar-refractivity contribution in [2.75, 3.05) is 5.32 Å². The summed E-state index contributed by atoms with van der Waals surface area (Å²) in [5.74, 6) is -0.0993. The predicted octanol–water partition coefficient (Wildman–Crippen LogP) is 4.33. The highest BCUT2D eigenvalue weighted by Gasteiger charge is 2.11. The van der Waals surface area contributed by atoms with Crippen molar-refractivity contribution >= 4 is 45.1 Å². The number of hydrogen-bond donors (Lipinski definition) is 2. The van der Waals surface area contributed by atoms with Gasteiger partial charge < -0.3 is 10.3 Å². The lowest BCUT2D eigenvalue weighted by Crippen LogP contribution is -2.12. The second kappa shape index (κ2) is 5.28. The lowest BCUT2D eigenvalue weighted by atomic mass is 10.1. The van der Waals surface area contributed by atoms with Crippen molar-refractivity contribution in [3.63, 3.8) is 0 Å². The SMILES string of the molecule is Cc1ccc(NC(=O)c2cccc3cc[nH]c23)cc1I. The largest absolute Gasteiger partial charge is 0.361 e. The van der Waals surface area contributed by atoms with Crippen LogP contribution >= 0.6 is 22.6 Å². The highest BCUT2D eigenvalue weighted by atomic mass is 127. The van der Waals surface area contributed by atoms with Crippen LogP contribution in [0.25, 0.3) is 10.9 Å². The van der Waals surface area contributed by atoms with E-state index >= 15 is 0 Å². The van der Waals surface area contributed by atoms with Gasteiger partial charge in [-0.1, -0.05) is 18.2 Å². The van der Waals surface area contributed by atoms with Gasteiger partial charge in [0.1, 0.15) is 0 Å². The number of hydrogen-bond acceptors (Lipinski definition) is 1. The molecular weight excluding hydrogens is 363 g/mol. The zero-order chi connectivity index (χ0) is 14.1. The number of aryl methyl sites for hydroxylation is 1. The first kappa shape index (κ1) is 13.2. The predicted molar refractivity (Wildman–Crippen MR) is 90.1 cm³/mol. The molecule has 20 heavy (non-hydrogen) atoms. The Bertz CT molecular complexity index is 792. The Morgan fingerprint density at radius 3 is 2.85 bits per heavy atom. The number of benzene rings is 2. The summed E-state index contributed by atoms with van der Waals surface area (Å²) in [6, 6.07) is 13.6. The van der Waals surface area contributed by atoms with Crippen LogP contribution in [0.5, 0.6) is 0 Å². The van der Waals surface area contributed by atoms with E-state index in [2.05, 4.69) is 32.9 Å². The standard InChI is InChI=1S/C16H13IN2O/c1-10-5-6-12(9-14(10)17)19-16(20)13-4-2-3-11-7-8-18-15(11)13/h2-9,18H,1H3,(H,19,20). The fourth-order valence-electron chi connectivity index (χ4n) is 2.14. The Labute approximate surface area is 130 Å². The molecule has 3 rings (SSSR count). The molecule has 1 amide bonds. The molecule has 0 fully saturated rings. The molecule has 3 nitrogen and oxygen atoms in total. The van der Waals surface area contributed by atoms with E-state index in [0.717, 1.165) is 20.2 Å². The highest BCUT2D eigenvalue weighted by molar-refractivity contribution is 14.1. The molecule has 0 aliphatic heterocycles. The van der Waals surface area contributed by atoms with Crippen LogP contribution in [0, 0.1) is 10.5 Å². The summed E-state index contributed by atoms with van der Waals surface area (Å²) >= 11 is 2.27. The summed E-state index contributed by atoms with van der Waals surface area (Å²) < 4.78 is 1.14. The number of carbonyl (C=O) groups excluding carboxylic acids is 1. The maximum Gasteiger partial charge on any atom is 0.257 e. The van der Waals surface area contributed by atoms with Gasteiger partial charge in [-0.25, -0.2) is 0 Å².